The van der Waals surface area contributed by atoms with Crippen LogP contribution in [0.25, 0.3) is 94.7 Å². The number of para-hydroxylation sites is 3. The average Bonchev–Trinajstić information content (AvgIpc) is 3.74. The maximum absolute atomic E-state index is 6.52. The summed E-state index contributed by atoms with van der Waals surface area (Å²) in [6.07, 6.45) is 0. The van der Waals surface area contributed by atoms with E-state index in [4.69, 9.17) is 19.4 Å². The topological polar surface area (TPSA) is 56.7 Å². The molecule has 0 fully saturated rings. The van der Waals surface area contributed by atoms with E-state index in [0.717, 1.165) is 55.4 Å². The van der Waals surface area contributed by atoms with Crippen LogP contribution in [0.2, 0.25) is 0 Å². The highest BCUT2D eigenvalue weighted by Gasteiger charge is 2.18. The zero-order chi connectivity index (χ0) is 33.0. The van der Waals surface area contributed by atoms with E-state index >= 15 is 0 Å². The largest absolute Gasteiger partial charge is 0.456 e. The first-order valence-electron chi connectivity index (χ1n) is 16.7. The van der Waals surface area contributed by atoms with Crippen molar-refractivity contribution in [3.05, 3.63) is 170 Å². The number of aromatic nitrogens is 4. The van der Waals surface area contributed by atoms with E-state index in [1.165, 1.54) is 21.8 Å². The minimum atomic E-state index is 0.617. The molecule has 10 rings (SSSR count). The molecule has 0 bridgehead atoms. The van der Waals surface area contributed by atoms with E-state index < -0.39 is 0 Å². The molecule has 0 saturated carbocycles. The van der Waals surface area contributed by atoms with Gasteiger partial charge in [0, 0.05) is 49.5 Å². The predicted octanol–water partition coefficient (Wildman–Crippen LogP) is 11.5. The van der Waals surface area contributed by atoms with Gasteiger partial charge in [0.25, 0.3) is 0 Å². The number of furan rings is 1. The highest BCUT2D eigenvalue weighted by Crippen LogP contribution is 2.40. The van der Waals surface area contributed by atoms with Crippen LogP contribution in [-0.4, -0.2) is 19.5 Å². The number of hydrogen-bond acceptors (Lipinski definition) is 4. The van der Waals surface area contributed by atoms with Crippen molar-refractivity contribution in [3.63, 3.8) is 0 Å². The SMILES string of the molecule is c1ccc(-c2nc(-c3ccccc3)nc(-c3ccc4oc5cc(-c6cccc7c8ccccc8n(-c8ccccc8)c67)ccc5c4c3)n2)cc1. The Morgan fingerprint density at radius 1 is 0.380 bits per heavy atom. The zero-order valence-electron chi connectivity index (χ0n) is 26.9. The van der Waals surface area contributed by atoms with E-state index in [-0.39, 0.29) is 0 Å². The van der Waals surface area contributed by atoms with Crippen molar-refractivity contribution in [2.75, 3.05) is 0 Å². The van der Waals surface area contributed by atoms with Crippen LogP contribution < -0.4 is 0 Å². The lowest BCUT2D eigenvalue weighted by molar-refractivity contribution is 0.669. The summed E-state index contributed by atoms with van der Waals surface area (Å²) >= 11 is 0. The highest BCUT2D eigenvalue weighted by molar-refractivity contribution is 6.14. The van der Waals surface area contributed by atoms with Crippen molar-refractivity contribution < 1.29 is 4.42 Å². The van der Waals surface area contributed by atoms with Crippen LogP contribution in [0.15, 0.2) is 174 Å². The molecule has 3 heterocycles. The third kappa shape index (κ3) is 4.60. The second-order valence-electron chi connectivity index (χ2n) is 12.5. The molecule has 0 aliphatic carbocycles. The van der Waals surface area contributed by atoms with Crippen molar-refractivity contribution in [1.29, 1.82) is 0 Å². The fraction of sp³-hybridized carbons (Fsp3) is 0. The fourth-order valence-corrected chi connectivity index (χ4v) is 7.12. The van der Waals surface area contributed by atoms with Crippen molar-refractivity contribution in [2.24, 2.45) is 0 Å². The lowest BCUT2D eigenvalue weighted by Crippen LogP contribution is -2.00. The van der Waals surface area contributed by atoms with Crippen molar-refractivity contribution in [2.45, 2.75) is 0 Å². The van der Waals surface area contributed by atoms with Gasteiger partial charge >= 0.3 is 0 Å². The van der Waals surface area contributed by atoms with E-state index in [9.17, 15) is 0 Å². The molecule has 10 aromatic rings. The van der Waals surface area contributed by atoms with Gasteiger partial charge in [0.05, 0.1) is 11.0 Å². The van der Waals surface area contributed by atoms with Gasteiger partial charge in [-0.15, -0.1) is 0 Å². The Hall–Kier alpha value is -6.85. The van der Waals surface area contributed by atoms with Gasteiger partial charge in [-0.2, -0.15) is 0 Å². The molecule has 0 aliphatic rings. The minimum absolute atomic E-state index is 0.617. The van der Waals surface area contributed by atoms with Gasteiger partial charge in [0.15, 0.2) is 17.5 Å². The maximum Gasteiger partial charge on any atom is 0.164 e. The number of benzene rings is 7. The summed E-state index contributed by atoms with van der Waals surface area (Å²) in [7, 11) is 0. The van der Waals surface area contributed by atoms with Gasteiger partial charge in [-0.3, -0.25) is 0 Å². The van der Waals surface area contributed by atoms with Crippen molar-refractivity contribution in [1.82, 2.24) is 19.5 Å². The van der Waals surface area contributed by atoms with Crippen LogP contribution >= 0.6 is 0 Å². The van der Waals surface area contributed by atoms with Crippen molar-refractivity contribution in [3.8, 4) is 51.0 Å². The second kappa shape index (κ2) is 11.4. The first-order chi connectivity index (χ1) is 24.8. The van der Waals surface area contributed by atoms with Gasteiger partial charge < -0.3 is 8.98 Å². The monoisotopic (exact) mass is 640 g/mol. The Labute approximate surface area is 287 Å². The molecule has 5 nitrogen and oxygen atoms in total. The lowest BCUT2D eigenvalue weighted by atomic mass is 10.00. The van der Waals surface area contributed by atoms with E-state index in [2.05, 4.69) is 102 Å². The average molecular weight is 641 g/mol. The molecular formula is C45H28N4O. The van der Waals surface area contributed by atoms with Crippen LogP contribution in [0.1, 0.15) is 0 Å². The van der Waals surface area contributed by atoms with Crippen LogP contribution in [0, 0.1) is 0 Å². The number of fused-ring (bicyclic) bond motifs is 6. The Bertz CT molecular complexity index is 2800. The Kier molecular flexibility index (Phi) is 6.42. The number of nitrogens with zero attached hydrogens (tertiary/aromatic N) is 4. The molecule has 0 N–H and O–H groups in total. The molecule has 0 saturated heterocycles. The first-order valence-corrected chi connectivity index (χ1v) is 16.7. The van der Waals surface area contributed by atoms with Gasteiger partial charge in [0.2, 0.25) is 0 Å². The predicted molar refractivity (Wildman–Crippen MR) is 203 cm³/mol. The van der Waals surface area contributed by atoms with E-state index in [1.807, 2.05) is 72.8 Å². The minimum Gasteiger partial charge on any atom is -0.456 e. The summed E-state index contributed by atoms with van der Waals surface area (Å²) < 4.78 is 8.89. The summed E-state index contributed by atoms with van der Waals surface area (Å²) in [5.41, 5.74) is 10.2. The van der Waals surface area contributed by atoms with Gasteiger partial charge in [-0.25, -0.2) is 15.0 Å². The fourth-order valence-electron chi connectivity index (χ4n) is 7.12. The van der Waals surface area contributed by atoms with Crippen molar-refractivity contribution >= 4 is 43.7 Å². The molecule has 0 aliphatic heterocycles. The molecule has 0 radical (unpaired) electrons. The van der Waals surface area contributed by atoms with Gasteiger partial charge in [-0.1, -0.05) is 121 Å². The second-order valence-corrected chi connectivity index (χ2v) is 12.5. The van der Waals surface area contributed by atoms with Gasteiger partial charge in [0.1, 0.15) is 11.2 Å². The first kappa shape index (κ1) is 28.2. The molecule has 50 heavy (non-hydrogen) atoms. The van der Waals surface area contributed by atoms with Crippen LogP contribution in [0.5, 0.6) is 0 Å². The molecule has 0 unspecified atom stereocenters. The standard InChI is InChI=1S/C45H28N4O/c1-4-13-29(14-5-1)43-46-44(30-15-6-2-7-16-30)48-45(47-43)32-24-26-40-38(27-32)36-25-23-31(28-41(36)50-40)34-20-12-21-37-35-19-10-11-22-39(35)49(42(34)37)33-17-8-3-9-18-33/h1-28H. The molecule has 3 aromatic heterocycles. The highest BCUT2D eigenvalue weighted by atomic mass is 16.3. The van der Waals surface area contributed by atoms with Crippen LogP contribution in [-0.2, 0) is 0 Å². The third-order valence-corrected chi connectivity index (χ3v) is 9.45. The zero-order valence-corrected chi connectivity index (χ0v) is 26.9. The number of rotatable bonds is 5. The molecule has 7 aromatic carbocycles. The molecule has 0 amide bonds. The van der Waals surface area contributed by atoms with E-state index in [0.29, 0.717) is 17.5 Å². The molecular weight excluding hydrogens is 613 g/mol. The lowest BCUT2D eigenvalue weighted by Gasteiger charge is -2.11. The molecule has 5 heteroatoms. The molecule has 0 spiro atoms. The summed E-state index contributed by atoms with van der Waals surface area (Å²) in [6, 6.07) is 58.6. The molecule has 234 valence electrons. The summed E-state index contributed by atoms with van der Waals surface area (Å²) in [5.74, 6) is 1.89. The Morgan fingerprint density at radius 2 is 0.980 bits per heavy atom. The van der Waals surface area contributed by atoms with Crippen LogP contribution in [0.3, 0.4) is 0 Å². The normalized spacial score (nSPS) is 11.6. The summed E-state index contributed by atoms with van der Waals surface area (Å²) in [6.45, 7) is 0. The number of hydrogen-bond donors (Lipinski definition) is 0. The third-order valence-electron chi connectivity index (χ3n) is 9.45. The smallest absolute Gasteiger partial charge is 0.164 e. The summed E-state index contributed by atoms with van der Waals surface area (Å²) in [5, 5.41) is 4.51. The van der Waals surface area contributed by atoms with Crippen LogP contribution in [0.4, 0.5) is 0 Å². The summed E-state index contributed by atoms with van der Waals surface area (Å²) in [4.78, 5) is 14.8. The quantitative estimate of drug-likeness (QED) is 0.188. The van der Waals surface area contributed by atoms with Gasteiger partial charge in [-0.05, 0) is 54.1 Å². The van der Waals surface area contributed by atoms with E-state index in [1.54, 1.807) is 0 Å². The Balaban J connectivity index is 1.13. The Morgan fingerprint density at radius 3 is 1.70 bits per heavy atom. The molecule has 0 atom stereocenters. The maximum atomic E-state index is 6.52.